The molecule has 2 aliphatic rings. The van der Waals surface area contributed by atoms with E-state index in [1.165, 1.54) is 22.3 Å². The van der Waals surface area contributed by atoms with Crippen LogP contribution in [0.5, 0.6) is 0 Å². The summed E-state index contributed by atoms with van der Waals surface area (Å²) >= 11 is -5.91. The van der Waals surface area contributed by atoms with Crippen LogP contribution in [0.3, 0.4) is 0 Å². The molecule has 2 unspecified atom stereocenters. The fourth-order valence-corrected chi connectivity index (χ4v) is 30.0. The fourth-order valence-electron chi connectivity index (χ4n) is 9.05. The van der Waals surface area contributed by atoms with Crippen molar-refractivity contribution >= 4 is 46.5 Å². The van der Waals surface area contributed by atoms with Crippen molar-refractivity contribution in [3.63, 3.8) is 0 Å². The number of carbonyl (C=O) groups is 2. The third-order valence-corrected chi connectivity index (χ3v) is 31.3. The SMILES string of the molecule is CC(C)C1=Cc2c(-c3ccccc3C(C)C)cccc2[CH]1[Zr]([Cl])([Cl])([B](NC=O)NC=O)[CH]1C(C(C)C)=Cc2c(-c3ccccc3C(C)C)cccc21. The third kappa shape index (κ3) is 6.31. The standard InChI is InChI=1S/2C21H23.C2H3BN2O2.2ClH.Zr/c2*1-14(2)17-12-16-8-7-11-20(21(16)13-17)19-10-6-5-9-18(19)15(3)4;6-1-4-3-5-2-7;;;/h2*5-15H,1-4H3;1-2H,(H-,4,5,6,7);2*1H;/q;;;;;+1/p-1. The van der Waals surface area contributed by atoms with Crippen LogP contribution in [0, 0.1) is 11.8 Å². The predicted octanol–water partition coefficient (Wildman–Crippen LogP) is 11.6. The molecule has 2 N–H and O–H groups in total. The molecular weight excluding hydrogens is 761 g/mol. The zero-order valence-corrected chi connectivity index (χ0v) is 35.5. The van der Waals surface area contributed by atoms with Gasteiger partial charge in [-0.2, -0.15) is 0 Å². The summed E-state index contributed by atoms with van der Waals surface area (Å²) in [6, 6.07) is 30.1. The van der Waals surface area contributed by atoms with E-state index in [1.54, 1.807) is 0 Å². The normalized spacial score (nSPS) is 17.4. The molecule has 0 saturated heterocycles. The van der Waals surface area contributed by atoms with E-state index < -0.39 is 27.9 Å². The zero-order chi connectivity index (χ0) is 37.6. The molecule has 0 aromatic heterocycles. The number of rotatable bonds is 13. The Kier molecular flexibility index (Phi) is 11.1. The fraction of sp³-hybridized carbons (Fsp3) is 0.318. The minimum atomic E-state index is -5.91. The number of amides is 2. The average Bonchev–Trinajstić information content (AvgIpc) is 3.73. The Labute approximate surface area is 318 Å². The van der Waals surface area contributed by atoms with E-state index in [9.17, 15) is 9.59 Å². The summed E-state index contributed by atoms with van der Waals surface area (Å²) < 4.78 is -1.80. The Morgan fingerprint density at radius 2 is 0.904 bits per heavy atom. The summed E-state index contributed by atoms with van der Waals surface area (Å²) in [6.45, 7) is 17.6. The number of benzene rings is 4. The second-order valence-electron chi connectivity index (χ2n) is 15.8. The summed E-state index contributed by atoms with van der Waals surface area (Å²) in [5.74, 6) is 0.816. The summed E-state index contributed by atoms with van der Waals surface area (Å²) in [7, 11) is 17.3. The molecule has 0 saturated carbocycles. The van der Waals surface area contributed by atoms with Gasteiger partial charge in [0.2, 0.25) is 0 Å². The number of halogens is 2. The average molecular weight is 812 g/mol. The topological polar surface area (TPSA) is 58.2 Å². The summed E-state index contributed by atoms with van der Waals surface area (Å²) in [5.41, 5.74) is 13.8. The van der Waals surface area contributed by atoms with E-state index in [4.69, 9.17) is 17.0 Å². The van der Waals surface area contributed by atoms with Crippen molar-refractivity contribution in [2.24, 2.45) is 11.8 Å². The van der Waals surface area contributed by atoms with Crippen LogP contribution in [0.15, 0.2) is 96.1 Å². The van der Waals surface area contributed by atoms with E-state index in [0.29, 0.717) is 24.7 Å². The van der Waals surface area contributed by atoms with Crippen LogP contribution >= 0.6 is 17.0 Å². The van der Waals surface area contributed by atoms with Crippen molar-refractivity contribution in [1.29, 1.82) is 0 Å². The summed E-state index contributed by atoms with van der Waals surface area (Å²) in [4.78, 5) is 25.1. The quantitative estimate of drug-likeness (QED) is 0.104. The number of carbonyl (C=O) groups excluding carboxylic acids is 2. The first-order valence-electron chi connectivity index (χ1n) is 18.6. The Morgan fingerprint density at radius 1 is 0.538 bits per heavy atom. The van der Waals surface area contributed by atoms with Gasteiger partial charge >= 0.3 is 321 Å². The molecule has 6 rings (SSSR count). The first-order chi connectivity index (χ1) is 24.8. The molecule has 0 fully saturated rings. The maximum absolute atomic E-state index is 12.5. The van der Waals surface area contributed by atoms with Gasteiger partial charge in [-0.3, -0.25) is 0 Å². The molecule has 0 heterocycles. The van der Waals surface area contributed by atoms with E-state index in [2.05, 4.69) is 163 Å². The van der Waals surface area contributed by atoms with Gasteiger partial charge in [0.05, 0.1) is 0 Å². The van der Waals surface area contributed by atoms with Crippen molar-refractivity contribution in [2.45, 2.75) is 74.5 Å². The van der Waals surface area contributed by atoms with Crippen molar-refractivity contribution in [3.8, 4) is 22.3 Å². The van der Waals surface area contributed by atoms with Crippen molar-refractivity contribution < 1.29 is 25.8 Å². The molecular formula is C44H50BCl2N2O2Zr. The Balaban J connectivity index is 1.70. The number of hydrogen-bond acceptors (Lipinski definition) is 2. The molecule has 4 aromatic carbocycles. The van der Waals surface area contributed by atoms with Gasteiger partial charge in [-0.15, -0.1) is 0 Å². The van der Waals surface area contributed by atoms with Gasteiger partial charge < -0.3 is 0 Å². The first kappa shape index (κ1) is 38.5. The molecule has 2 amide bonds. The van der Waals surface area contributed by atoms with Crippen LogP contribution in [-0.4, -0.2) is 17.3 Å². The van der Waals surface area contributed by atoms with Crippen molar-refractivity contribution in [3.05, 3.63) is 129 Å². The van der Waals surface area contributed by atoms with Gasteiger partial charge in [-0.1, -0.05) is 0 Å². The van der Waals surface area contributed by atoms with Crippen LogP contribution in [0.2, 0.25) is 0 Å². The van der Waals surface area contributed by atoms with E-state index >= 15 is 0 Å². The maximum atomic E-state index is 12.5. The second kappa shape index (κ2) is 14.9. The molecule has 0 aliphatic heterocycles. The van der Waals surface area contributed by atoms with E-state index in [0.717, 1.165) is 44.5 Å². The summed E-state index contributed by atoms with van der Waals surface area (Å²) in [6.07, 6.45) is 5.87. The van der Waals surface area contributed by atoms with E-state index in [-0.39, 0.29) is 11.8 Å². The predicted molar refractivity (Wildman–Crippen MR) is 219 cm³/mol. The molecule has 4 nitrogen and oxygen atoms in total. The number of allylic oxidation sites excluding steroid dienone is 2. The molecule has 4 aromatic rings. The van der Waals surface area contributed by atoms with Gasteiger partial charge in [-0.05, 0) is 0 Å². The number of nitrogens with one attached hydrogen (secondary N) is 2. The van der Waals surface area contributed by atoms with Gasteiger partial charge in [-0.25, -0.2) is 0 Å². The molecule has 0 radical (unpaired) electrons. The molecule has 52 heavy (non-hydrogen) atoms. The van der Waals surface area contributed by atoms with Crippen LogP contribution in [-0.2, 0) is 25.8 Å². The first-order valence-corrected chi connectivity index (χ1v) is 29.2. The molecule has 2 aliphatic carbocycles. The van der Waals surface area contributed by atoms with Crippen LogP contribution in [0.4, 0.5) is 0 Å². The van der Waals surface area contributed by atoms with Crippen molar-refractivity contribution in [1.82, 2.24) is 10.5 Å². The van der Waals surface area contributed by atoms with Gasteiger partial charge in [0, 0.05) is 0 Å². The van der Waals surface area contributed by atoms with E-state index in [1.807, 2.05) is 0 Å². The van der Waals surface area contributed by atoms with Crippen LogP contribution in [0.1, 0.15) is 108 Å². The third-order valence-electron chi connectivity index (χ3n) is 11.4. The number of hydrogen-bond donors (Lipinski definition) is 2. The Bertz CT molecular complexity index is 1940. The number of fused-ring (bicyclic) bond motifs is 2. The molecule has 0 bridgehead atoms. The minimum absolute atomic E-state index is 0.0840. The van der Waals surface area contributed by atoms with Crippen molar-refractivity contribution in [2.75, 3.05) is 0 Å². The van der Waals surface area contributed by atoms with Crippen LogP contribution in [0.25, 0.3) is 34.4 Å². The van der Waals surface area contributed by atoms with Gasteiger partial charge in [0.1, 0.15) is 0 Å². The Hall–Kier alpha value is -3.17. The van der Waals surface area contributed by atoms with Gasteiger partial charge in [0.25, 0.3) is 0 Å². The zero-order valence-electron chi connectivity index (χ0n) is 31.5. The molecule has 0 spiro atoms. The second-order valence-corrected chi connectivity index (χ2v) is 37.2. The van der Waals surface area contributed by atoms with Gasteiger partial charge in [0.15, 0.2) is 0 Å². The van der Waals surface area contributed by atoms with Crippen LogP contribution < -0.4 is 10.5 Å². The monoisotopic (exact) mass is 809 g/mol. The molecule has 2 atom stereocenters. The Morgan fingerprint density at radius 3 is 1.25 bits per heavy atom. The molecule has 8 heteroatoms. The molecule has 269 valence electrons. The summed E-state index contributed by atoms with van der Waals surface area (Å²) in [5, 5.41) is 5.98.